The Balaban J connectivity index is 1.67. The van der Waals surface area contributed by atoms with Crippen molar-refractivity contribution in [2.24, 2.45) is 0 Å². The zero-order valence-corrected chi connectivity index (χ0v) is 16.1. The average Bonchev–Trinajstić information content (AvgIpc) is 2.70. The number of amides is 1. The van der Waals surface area contributed by atoms with E-state index in [9.17, 15) is 18.4 Å². The van der Waals surface area contributed by atoms with Gasteiger partial charge in [-0.05, 0) is 31.1 Å². The van der Waals surface area contributed by atoms with Gasteiger partial charge in [0.1, 0.15) is 12.4 Å². The lowest BCUT2D eigenvalue weighted by Crippen LogP contribution is -2.28. The lowest BCUT2D eigenvalue weighted by molar-refractivity contribution is -0.138. The Bertz CT molecular complexity index is 835. The van der Waals surface area contributed by atoms with E-state index in [0.29, 0.717) is 18.4 Å². The number of alkyl halides is 2. The molecule has 5 nitrogen and oxygen atoms in total. The molecular formula is C22H23F2NO4. The number of esters is 1. The summed E-state index contributed by atoms with van der Waals surface area (Å²) >= 11 is 0. The third-order valence-corrected chi connectivity index (χ3v) is 3.96. The second-order valence-electron chi connectivity index (χ2n) is 6.25. The van der Waals surface area contributed by atoms with Gasteiger partial charge in [0.15, 0.2) is 0 Å². The first-order valence-electron chi connectivity index (χ1n) is 9.15. The van der Waals surface area contributed by atoms with Gasteiger partial charge in [0.2, 0.25) is 5.91 Å². The molecule has 2 aromatic carbocycles. The van der Waals surface area contributed by atoms with Gasteiger partial charge >= 0.3 is 12.6 Å². The zero-order chi connectivity index (χ0) is 21.1. The Hall–Kier alpha value is -3.22. The molecule has 7 heteroatoms. The number of ether oxygens (including phenoxy) is 2. The van der Waals surface area contributed by atoms with Crippen molar-refractivity contribution in [2.45, 2.75) is 26.4 Å². The van der Waals surface area contributed by atoms with E-state index in [1.165, 1.54) is 23.8 Å². The molecule has 0 radical (unpaired) electrons. The van der Waals surface area contributed by atoms with Crippen LogP contribution in [0.1, 0.15) is 23.1 Å². The lowest BCUT2D eigenvalue weighted by Gasteiger charge is -2.07. The number of para-hydroxylation sites is 1. The lowest BCUT2D eigenvalue weighted by atomic mass is 10.1. The summed E-state index contributed by atoms with van der Waals surface area (Å²) in [6.45, 7) is -0.749. The van der Waals surface area contributed by atoms with E-state index in [1.807, 2.05) is 31.2 Å². The predicted molar refractivity (Wildman–Crippen MR) is 106 cm³/mol. The topological polar surface area (TPSA) is 64.6 Å². The molecule has 2 rings (SSSR count). The normalized spacial score (nSPS) is 10.9. The minimum atomic E-state index is -2.95. The molecule has 154 valence electrons. The molecule has 0 fully saturated rings. The van der Waals surface area contributed by atoms with E-state index < -0.39 is 12.6 Å². The molecule has 0 aromatic heterocycles. The molecule has 0 aliphatic rings. The number of hydrogen-bond acceptors (Lipinski definition) is 4. The third kappa shape index (κ3) is 8.55. The number of nitrogens with one attached hydrogen (secondary N) is 1. The summed E-state index contributed by atoms with van der Waals surface area (Å²) in [6.07, 6.45) is 3.43. The number of aryl methyl sites for hydroxylation is 2. The standard InChI is InChI=1S/C22H23F2NO4/c1-16-6-8-17(9-7-16)10-12-20(26)25-14-15-28-21(27)13-11-18-4-2-3-5-19(18)29-22(23)24/h2-9,11,13,22H,10,12,14-15H2,1H3,(H,25,26)/b13-11+. The molecule has 0 heterocycles. The van der Waals surface area contributed by atoms with Crippen molar-refractivity contribution in [1.29, 1.82) is 0 Å². The van der Waals surface area contributed by atoms with E-state index >= 15 is 0 Å². The Morgan fingerprint density at radius 3 is 2.55 bits per heavy atom. The van der Waals surface area contributed by atoms with Crippen LogP contribution < -0.4 is 10.1 Å². The zero-order valence-electron chi connectivity index (χ0n) is 16.1. The van der Waals surface area contributed by atoms with E-state index in [2.05, 4.69) is 10.1 Å². The van der Waals surface area contributed by atoms with Crippen molar-refractivity contribution in [2.75, 3.05) is 13.2 Å². The first-order chi connectivity index (χ1) is 13.9. The van der Waals surface area contributed by atoms with Gasteiger partial charge in [-0.1, -0.05) is 48.0 Å². The van der Waals surface area contributed by atoms with Gasteiger partial charge in [0.05, 0.1) is 6.54 Å². The average molecular weight is 403 g/mol. The van der Waals surface area contributed by atoms with Crippen LogP contribution in [-0.2, 0) is 20.7 Å². The Morgan fingerprint density at radius 1 is 1.10 bits per heavy atom. The molecule has 0 aliphatic heterocycles. The summed E-state index contributed by atoms with van der Waals surface area (Å²) in [7, 11) is 0. The maximum absolute atomic E-state index is 12.4. The molecule has 2 aromatic rings. The van der Waals surface area contributed by atoms with Crippen LogP contribution >= 0.6 is 0 Å². The van der Waals surface area contributed by atoms with Crippen LogP contribution in [0, 0.1) is 6.92 Å². The quantitative estimate of drug-likeness (QED) is 0.371. The summed E-state index contributed by atoms with van der Waals surface area (Å²) in [4.78, 5) is 23.5. The Labute approximate surface area is 168 Å². The first-order valence-corrected chi connectivity index (χ1v) is 9.15. The van der Waals surface area contributed by atoms with Gasteiger partial charge in [-0.25, -0.2) is 4.79 Å². The van der Waals surface area contributed by atoms with Crippen LogP contribution in [0.4, 0.5) is 8.78 Å². The van der Waals surface area contributed by atoms with Crippen LogP contribution in [0.15, 0.2) is 54.6 Å². The maximum atomic E-state index is 12.4. The highest BCUT2D eigenvalue weighted by Gasteiger charge is 2.08. The summed E-state index contributed by atoms with van der Waals surface area (Å²) in [5, 5.41) is 2.68. The molecule has 0 saturated carbocycles. The third-order valence-electron chi connectivity index (χ3n) is 3.96. The van der Waals surface area contributed by atoms with Gasteiger partial charge in [-0.3, -0.25) is 4.79 Å². The minimum Gasteiger partial charge on any atom is -0.461 e. The van der Waals surface area contributed by atoms with Crippen molar-refractivity contribution in [3.8, 4) is 5.75 Å². The summed E-state index contributed by atoms with van der Waals surface area (Å²) in [5.74, 6) is -0.812. The Kier molecular flexibility index (Phi) is 8.82. The van der Waals surface area contributed by atoms with E-state index in [4.69, 9.17) is 4.74 Å². The molecule has 29 heavy (non-hydrogen) atoms. The Morgan fingerprint density at radius 2 is 1.83 bits per heavy atom. The van der Waals surface area contributed by atoms with Gasteiger partial charge in [0.25, 0.3) is 0 Å². The van der Waals surface area contributed by atoms with Crippen LogP contribution in [-0.4, -0.2) is 31.6 Å². The SMILES string of the molecule is Cc1ccc(CCC(=O)NCCOC(=O)/C=C/c2ccccc2OC(F)F)cc1. The van der Waals surface area contributed by atoms with E-state index in [1.54, 1.807) is 12.1 Å². The van der Waals surface area contributed by atoms with Crippen LogP contribution in [0.2, 0.25) is 0 Å². The number of rotatable bonds is 10. The number of benzene rings is 2. The number of halogens is 2. The van der Waals surface area contributed by atoms with Crippen molar-refractivity contribution in [3.05, 3.63) is 71.3 Å². The van der Waals surface area contributed by atoms with Crippen molar-refractivity contribution < 1.29 is 27.8 Å². The molecule has 0 atom stereocenters. The van der Waals surface area contributed by atoms with Crippen LogP contribution in [0.25, 0.3) is 6.08 Å². The highest BCUT2D eigenvalue weighted by atomic mass is 19.3. The van der Waals surface area contributed by atoms with E-state index in [0.717, 1.165) is 11.6 Å². The molecule has 0 aliphatic carbocycles. The highest BCUT2D eigenvalue weighted by Crippen LogP contribution is 2.21. The molecular weight excluding hydrogens is 380 g/mol. The molecule has 0 saturated heterocycles. The number of hydrogen-bond donors (Lipinski definition) is 1. The monoisotopic (exact) mass is 403 g/mol. The fourth-order valence-electron chi connectivity index (χ4n) is 2.47. The maximum Gasteiger partial charge on any atom is 0.387 e. The smallest absolute Gasteiger partial charge is 0.387 e. The van der Waals surface area contributed by atoms with Gasteiger partial charge in [-0.2, -0.15) is 8.78 Å². The number of carbonyl (C=O) groups is 2. The summed E-state index contributed by atoms with van der Waals surface area (Å²) < 4.78 is 34.1. The van der Waals surface area contributed by atoms with E-state index in [-0.39, 0.29) is 24.8 Å². The summed E-state index contributed by atoms with van der Waals surface area (Å²) in [5.41, 5.74) is 2.58. The molecule has 0 unspecified atom stereocenters. The van der Waals surface area contributed by atoms with Gasteiger partial charge in [-0.15, -0.1) is 0 Å². The van der Waals surface area contributed by atoms with Gasteiger partial charge in [0, 0.05) is 18.1 Å². The fourth-order valence-corrected chi connectivity index (χ4v) is 2.47. The highest BCUT2D eigenvalue weighted by molar-refractivity contribution is 5.87. The largest absolute Gasteiger partial charge is 0.461 e. The second-order valence-corrected chi connectivity index (χ2v) is 6.25. The van der Waals surface area contributed by atoms with Crippen LogP contribution in [0.3, 0.4) is 0 Å². The first kappa shape index (κ1) is 22.1. The number of carbonyl (C=O) groups excluding carboxylic acids is 2. The molecule has 1 amide bonds. The summed E-state index contributed by atoms with van der Waals surface area (Å²) in [6, 6.07) is 14.1. The second kappa shape index (κ2) is 11.6. The molecule has 1 N–H and O–H groups in total. The van der Waals surface area contributed by atoms with Crippen LogP contribution in [0.5, 0.6) is 5.75 Å². The van der Waals surface area contributed by atoms with Crippen molar-refractivity contribution in [3.63, 3.8) is 0 Å². The van der Waals surface area contributed by atoms with Crippen molar-refractivity contribution >= 4 is 18.0 Å². The molecule has 0 bridgehead atoms. The van der Waals surface area contributed by atoms with Crippen molar-refractivity contribution in [1.82, 2.24) is 5.32 Å². The predicted octanol–water partition coefficient (Wildman–Crippen LogP) is 3.90. The van der Waals surface area contributed by atoms with Gasteiger partial charge < -0.3 is 14.8 Å². The minimum absolute atomic E-state index is 0.00856. The fraction of sp³-hybridized carbons (Fsp3) is 0.273. The molecule has 0 spiro atoms.